The number of nitrogens with one attached hydrogen (secondary N) is 1. The predicted molar refractivity (Wildman–Crippen MR) is 102 cm³/mol. The number of ether oxygens (including phenoxy) is 3. The summed E-state index contributed by atoms with van der Waals surface area (Å²) in [6, 6.07) is 9.30. The Morgan fingerprint density at radius 2 is 1.86 bits per heavy atom. The molecule has 28 heavy (non-hydrogen) atoms. The van der Waals surface area contributed by atoms with Crippen LogP contribution in [0, 0.1) is 0 Å². The van der Waals surface area contributed by atoms with Crippen molar-refractivity contribution in [3.63, 3.8) is 0 Å². The lowest BCUT2D eigenvalue weighted by Gasteiger charge is -2.40. The fourth-order valence-electron chi connectivity index (χ4n) is 3.04. The number of esters is 1. The highest BCUT2D eigenvalue weighted by Crippen LogP contribution is 2.24. The van der Waals surface area contributed by atoms with Gasteiger partial charge in [-0.2, -0.15) is 0 Å². The van der Waals surface area contributed by atoms with E-state index in [1.165, 1.54) is 12.0 Å². The van der Waals surface area contributed by atoms with Gasteiger partial charge >= 0.3 is 18.2 Å². The molecular weight excluding hydrogens is 364 g/mol. The summed E-state index contributed by atoms with van der Waals surface area (Å²) in [6.07, 6.45) is -0.451. The summed E-state index contributed by atoms with van der Waals surface area (Å²) in [5, 5.41) is 2.61. The first-order valence-electron chi connectivity index (χ1n) is 9.20. The molecule has 0 spiro atoms. The predicted octanol–water partition coefficient (Wildman–Crippen LogP) is 2.86. The first-order valence-corrected chi connectivity index (χ1v) is 9.20. The van der Waals surface area contributed by atoms with Crippen molar-refractivity contribution in [3.8, 4) is 0 Å². The second kappa shape index (κ2) is 8.95. The van der Waals surface area contributed by atoms with Crippen LogP contribution in [0.5, 0.6) is 0 Å². The second-order valence-corrected chi connectivity index (χ2v) is 7.77. The molecule has 1 saturated heterocycles. The van der Waals surface area contributed by atoms with E-state index in [1.807, 2.05) is 30.3 Å². The van der Waals surface area contributed by atoms with Crippen LogP contribution in [0.25, 0.3) is 0 Å². The minimum atomic E-state index is -1.37. The van der Waals surface area contributed by atoms with Crippen molar-refractivity contribution >= 4 is 18.2 Å². The topological polar surface area (TPSA) is 94.2 Å². The van der Waals surface area contributed by atoms with Gasteiger partial charge in [-0.15, -0.1) is 0 Å². The molecule has 1 N–H and O–H groups in total. The third kappa shape index (κ3) is 5.87. The standard InChI is InChI=1S/C20H28N2O6/c1-19(2,3)28-17(24)21-20(16(23)26-4)11-8-12-22(14-20)18(25)27-13-15-9-6-5-7-10-15/h5-7,9-10H,8,11-14H2,1-4H3,(H,21,24). The number of hydrogen-bond acceptors (Lipinski definition) is 6. The lowest BCUT2D eigenvalue weighted by molar-refractivity contribution is -0.150. The molecule has 0 aromatic heterocycles. The normalized spacial score (nSPS) is 19.5. The summed E-state index contributed by atoms with van der Waals surface area (Å²) < 4.78 is 15.5. The number of carbonyl (C=O) groups is 3. The Kier molecular flexibility index (Phi) is 6.88. The highest BCUT2D eigenvalue weighted by Gasteiger charge is 2.47. The van der Waals surface area contributed by atoms with E-state index in [-0.39, 0.29) is 13.2 Å². The fraction of sp³-hybridized carbons (Fsp3) is 0.550. The van der Waals surface area contributed by atoms with E-state index in [0.29, 0.717) is 19.4 Å². The Morgan fingerprint density at radius 3 is 2.46 bits per heavy atom. The van der Waals surface area contributed by atoms with Gasteiger partial charge in [-0.25, -0.2) is 14.4 Å². The number of benzene rings is 1. The Bertz CT molecular complexity index is 700. The van der Waals surface area contributed by atoms with Gasteiger partial charge in [0, 0.05) is 6.54 Å². The molecule has 1 aliphatic heterocycles. The zero-order chi connectivity index (χ0) is 20.8. The van der Waals surface area contributed by atoms with Crippen LogP contribution >= 0.6 is 0 Å². The molecule has 1 heterocycles. The molecule has 1 unspecified atom stereocenters. The van der Waals surface area contributed by atoms with Crippen molar-refractivity contribution < 1.29 is 28.6 Å². The van der Waals surface area contributed by atoms with E-state index in [4.69, 9.17) is 14.2 Å². The number of methoxy groups -OCH3 is 1. The van der Waals surface area contributed by atoms with Gasteiger partial charge < -0.3 is 24.4 Å². The molecule has 0 aliphatic carbocycles. The van der Waals surface area contributed by atoms with Gasteiger partial charge in [-0.3, -0.25) is 0 Å². The Balaban J connectivity index is 2.06. The van der Waals surface area contributed by atoms with E-state index in [9.17, 15) is 14.4 Å². The molecule has 0 saturated carbocycles. The Hall–Kier alpha value is -2.77. The van der Waals surface area contributed by atoms with Gasteiger partial charge in [0.05, 0.1) is 13.7 Å². The van der Waals surface area contributed by atoms with Gasteiger partial charge in [0.1, 0.15) is 12.2 Å². The molecule has 1 aliphatic rings. The van der Waals surface area contributed by atoms with Crippen LogP contribution in [-0.2, 0) is 25.6 Å². The second-order valence-electron chi connectivity index (χ2n) is 7.77. The lowest BCUT2D eigenvalue weighted by atomic mass is 9.89. The Labute approximate surface area is 165 Å². The maximum absolute atomic E-state index is 12.5. The molecule has 0 radical (unpaired) electrons. The van der Waals surface area contributed by atoms with Gasteiger partial charge in [0.2, 0.25) is 0 Å². The molecule has 8 nitrogen and oxygen atoms in total. The quantitative estimate of drug-likeness (QED) is 0.625. The van der Waals surface area contributed by atoms with Crippen molar-refractivity contribution in [2.24, 2.45) is 0 Å². The number of hydrogen-bond donors (Lipinski definition) is 1. The molecule has 2 amide bonds. The fourth-order valence-corrected chi connectivity index (χ4v) is 3.04. The molecule has 8 heteroatoms. The molecule has 1 atom stereocenters. The monoisotopic (exact) mass is 392 g/mol. The number of rotatable bonds is 4. The SMILES string of the molecule is COC(=O)C1(NC(=O)OC(C)(C)C)CCCN(C(=O)OCc2ccccc2)C1. The minimum Gasteiger partial charge on any atom is -0.467 e. The zero-order valence-electron chi connectivity index (χ0n) is 16.8. The first-order chi connectivity index (χ1) is 13.1. The number of piperidine rings is 1. The third-order valence-electron chi connectivity index (χ3n) is 4.27. The van der Waals surface area contributed by atoms with Crippen LogP contribution in [0.4, 0.5) is 9.59 Å². The van der Waals surface area contributed by atoms with Crippen molar-refractivity contribution in [1.29, 1.82) is 0 Å². The molecule has 1 aromatic rings. The number of likely N-dealkylation sites (tertiary alicyclic amines) is 1. The summed E-state index contributed by atoms with van der Waals surface area (Å²) in [7, 11) is 1.24. The van der Waals surface area contributed by atoms with Gasteiger partial charge in [-0.05, 0) is 39.2 Å². The summed E-state index contributed by atoms with van der Waals surface area (Å²) in [6.45, 7) is 5.68. The van der Waals surface area contributed by atoms with E-state index < -0.39 is 29.3 Å². The smallest absolute Gasteiger partial charge is 0.410 e. The number of carbonyl (C=O) groups excluding carboxylic acids is 3. The van der Waals surface area contributed by atoms with E-state index in [0.717, 1.165) is 5.56 Å². The maximum atomic E-state index is 12.5. The maximum Gasteiger partial charge on any atom is 0.410 e. The van der Waals surface area contributed by atoms with Gasteiger partial charge in [0.25, 0.3) is 0 Å². The summed E-state index contributed by atoms with van der Waals surface area (Å²) in [5.41, 5.74) is -1.23. The zero-order valence-corrected chi connectivity index (χ0v) is 16.8. The summed E-state index contributed by atoms with van der Waals surface area (Å²) in [5.74, 6) is -0.626. The average Bonchev–Trinajstić information content (AvgIpc) is 2.64. The molecule has 154 valence electrons. The van der Waals surface area contributed by atoms with E-state index in [2.05, 4.69) is 5.32 Å². The highest BCUT2D eigenvalue weighted by atomic mass is 16.6. The van der Waals surface area contributed by atoms with Crippen LogP contribution < -0.4 is 5.32 Å². The van der Waals surface area contributed by atoms with Crippen LogP contribution in [0.2, 0.25) is 0 Å². The van der Waals surface area contributed by atoms with Crippen molar-refractivity contribution in [1.82, 2.24) is 10.2 Å². The van der Waals surface area contributed by atoms with Crippen LogP contribution in [0.1, 0.15) is 39.2 Å². The number of amides is 2. The summed E-state index contributed by atoms with van der Waals surface area (Å²) >= 11 is 0. The molecule has 2 rings (SSSR count). The van der Waals surface area contributed by atoms with Crippen molar-refractivity contribution in [2.45, 2.75) is 51.4 Å². The first kappa shape index (κ1) is 21.5. The molecular formula is C20H28N2O6. The highest BCUT2D eigenvalue weighted by molar-refractivity contribution is 5.87. The van der Waals surface area contributed by atoms with E-state index in [1.54, 1.807) is 20.8 Å². The lowest BCUT2D eigenvalue weighted by Crippen LogP contribution is -2.64. The average molecular weight is 392 g/mol. The van der Waals surface area contributed by atoms with Crippen LogP contribution in [0.15, 0.2) is 30.3 Å². The number of alkyl carbamates (subject to hydrolysis) is 1. The minimum absolute atomic E-state index is 0.0491. The third-order valence-corrected chi connectivity index (χ3v) is 4.27. The van der Waals surface area contributed by atoms with Crippen LogP contribution in [-0.4, -0.2) is 54.4 Å². The van der Waals surface area contributed by atoms with Gasteiger partial charge in [-0.1, -0.05) is 30.3 Å². The largest absolute Gasteiger partial charge is 0.467 e. The van der Waals surface area contributed by atoms with Crippen molar-refractivity contribution in [2.75, 3.05) is 20.2 Å². The molecule has 1 fully saturated rings. The summed E-state index contributed by atoms with van der Waals surface area (Å²) in [4.78, 5) is 38.6. The van der Waals surface area contributed by atoms with Gasteiger partial charge in [0.15, 0.2) is 5.54 Å². The molecule has 0 bridgehead atoms. The molecule has 1 aromatic carbocycles. The van der Waals surface area contributed by atoms with Crippen molar-refractivity contribution in [3.05, 3.63) is 35.9 Å². The van der Waals surface area contributed by atoms with E-state index >= 15 is 0 Å². The Morgan fingerprint density at radius 1 is 1.18 bits per heavy atom. The number of nitrogens with zero attached hydrogens (tertiary/aromatic N) is 1. The van der Waals surface area contributed by atoms with Crippen LogP contribution in [0.3, 0.4) is 0 Å².